The molecule has 49 heavy (non-hydrogen) atoms. The molecule has 236 valence electrons. The SMILES string of the molecule is C=Cc1c(/C=C\C)c(-c2ccccc2)c2cc3c(cc2c1-c1ccccc1)c1ccc(C2CCCCC2)cc1c1ccc2ccccc2c13. The fourth-order valence-electron chi connectivity index (χ4n) is 8.88. The smallest absolute Gasteiger partial charge is 0.00201 e. The summed E-state index contributed by atoms with van der Waals surface area (Å²) >= 11 is 0. The molecule has 0 heterocycles. The molecule has 0 saturated heterocycles. The first-order valence-electron chi connectivity index (χ1n) is 18.0. The minimum Gasteiger partial charge on any atom is -0.0984 e. The second-order valence-electron chi connectivity index (χ2n) is 13.8. The van der Waals surface area contributed by atoms with Crippen LogP contribution in [0.25, 0.3) is 88.3 Å². The van der Waals surface area contributed by atoms with Gasteiger partial charge in [0.1, 0.15) is 0 Å². The van der Waals surface area contributed by atoms with E-state index >= 15 is 0 Å². The molecule has 1 aliphatic rings. The van der Waals surface area contributed by atoms with E-state index in [1.807, 2.05) is 0 Å². The molecule has 1 aliphatic carbocycles. The first-order chi connectivity index (χ1) is 24.2. The third kappa shape index (κ3) is 4.81. The maximum Gasteiger partial charge on any atom is -0.00201 e. The van der Waals surface area contributed by atoms with Crippen molar-refractivity contribution in [3.63, 3.8) is 0 Å². The molecule has 0 heteroatoms. The predicted molar refractivity (Wildman–Crippen MR) is 215 cm³/mol. The number of hydrogen-bond acceptors (Lipinski definition) is 0. The molecule has 0 amide bonds. The average molecular weight is 629 g/mol. The highest BCUT2D eigenvalue weighted by atomic mass is 14.3. The highest BCUT2D eigenvalue weighted by Gasteiger charge is 2.22. The Morgan fingerprint density at radius 2 is 1.12 bits per heavy atom. The summed E-state index contributed by atoms with van der Waals surface area (Å²) in [5, 5.41) is 13.1. The van der Waals surface area contributed by atoms with Crippen LogP contribution in [0.5, 0.6) is 0 Å². The van der Waals surface area contributed by atoms with Gasteiger partial charge in [0.05, 0.1) is 0 Å². The van der Waals surface area contributed by atoms with E-state index in [0.717, 1.165) is 0 Å². The van der Waals surface area contributed by atoms with Crippen LogP contribution in [0.1, 0.15) is 61.6 Å². The van der Waals surface area contributed by atoms with Crippen LogP contribution >= 0.6 is 0 Å². The molecule has 0 nitrogen and oxygen atoms in total. The van der Waals surface area contributed by atoms with Crippen LogP contribution < -0.4 is 0 Å². The van der Waals surface area contributed by atoms with Crippen molar-refractivity contribution in [1.29, 1.82) is 0 Å². The number of allylic oxidation sites excluding steroid dienone is 1. The zero-order valence-corrected chi connectivity index (χ0v) is 28.2. The van der Waals surface area contributed by atoms with E-state index in [1.165, 1.54) is 125 Å². The van der Waals surface area contributed by atoms with Gasteiger partial charge in [-0.1, -0.05) is 159 Å². The molecule has 9 rings (SSSR count). The fraction of sp³-hybridized carbons (Fsp3) is 0.143. The van der Waals surface area contributed by atoms with E-state index in [9.17, 15) is 0 Å². The van der Waals surface area contributed by atoms with Crippen molar-refractivity contribution in [2.24, 2.45) is 0 Å². The lowest BCUT2D eigenvalue weighted by Gasteiger charge is -2.24. The Bertz CT molecular complexity index is 2580. The lowest BCUT2D eigenvalue weighted by molar-refractivity contribution is 0.444. The number of hydrogen-bond donors (Lipinski definition) is 0. The van der Waals surface area contributed by atoms with Crippen LogP contribution in [0.15, 0.2) is 140 Å². The molecular formula is C49H40. The van der Waals surface area contributed by atoms with E-state index in [1.54, 1.807) is 0 Å². The van der Waals surface area contributed by atoms with Crippen molar-refractivity contribution in [2.75, 3.05) is 0 Å². The maximum atomic E-state index is 4.41. The topological polar surface area (TPSA) is 0 Å². The van der Waals surface area contributed by atoms with Gasteiger partial charge in [0.15, 0.2) is 0 Å². The van der Waals surface area contributed by atoms with Gasteiger partial charge in [-0.2, -0.15) is 0 Å². The summed E-state index contributed by atoms with van der Waals surface area (Å²) in [4.78, 5) is 0. The first-order valence-corrected chi connectivity index (χ1v) is 18.0. The molecule has 0 aromatic heterocycles. The summed E-state index contributed by atoms with van der Waals surface area (Å²) < 4.78 is 0. The van der Waals surface area contributed by atoms with Gasteiger partial charge in [-0.3, -0.25) is 0 Å². The molecule has 1 fully saturated rings. The van der Waals surface area contributed by atoms with Gasteiger partial charge < -0.3 is 0 Å². The highest BCUT2D eigenvalue weighted by Crippen LogP contribution is 2.48. The summed E-state index contributed by atoms with van der Waals surface area (Å²) in [6, 6.07) is 47.9. The number of benzene rings is 8. The van der Waals surface area contributed by atoms with Crippen LogP contribution in [-0.4, -0.2) is 0 Å². The molecule has 0 radical (unpaired) electrons. The molecule has 0 atom stereocenters. The lowest BCUT2D eigenvalue weighted by Crippen LogP contribution is -2.04. The summed E-state index contributed by atoms with van der Waals surface area (Å²) in [6.45, 7) is 6.52. The largest absolute Gasteiger partial charge is 0.0984 e. The van der Waals surface area contributed by atoms with Crippen molar-refractivity contribution in [3.05, 3.63) is 157 Å². The second kappa shape index (κ2) is 12.2. The average Bonchev–Trinajstić information content (AvgIpc) is 3.17. The highest BCUT2D eigenvalue weighted by molar-refractivity contribution is 6.34. The summed E-state index contributed by atoms with van der Waals surface area (Å²) in [7, 11) is 0. The minimum atomic E-state index is 0.652. The van der Waals surface area contributed by atoms with Crippen molar-refractivity contribution in [2.45, 2.75) is 44.9 Å². The van der Waals surface area contributed by atoms with Crippen LogP contribution in [-0.2, 0) is 0 Å². The third-order valence-electron chi connectivity index (χ3n) is 11.1. The molecule has 0 aliphatic heterocycles. The summed E-state index contributed by atoms with van der Waals surface area (Å²) in [6.07, 6.45) is 13.1. The lowest BCUT2D eigenvalue weighted by atomic mass is 9.80. The Morgan fingerprint density at radius 1 is 0.510 bits per heavy atom. The Hall–Kier alpha value is -5.46. The molecule has 1 saturated carbocycles. The summed E-state index contributed by atoms with van der Waals surface area (Å²) in [5.41, 5.74) is 8.81. The third-order valence-corrected chi connectivity index (χ3v) is 11.1. The van der Waals surface area contributed by atoms with E-state index in [0.29, 0.717) is 5.92 Å². The van der Waals surface area contributed by atoms with Gasteiger partial charge in [0, 0.05) is 0 Å². The van der Waals surface area contributed by atoms with Crippen LogP contribution in [0, 0.1) is 0 Å². The van der Waals surface area contributed by atoms with Gasteiger partial charge in [0.2, 0.25) is 0 Å². The molecule has 0 N–H and O–H groups in total. The minimum absolute atomic E-state index is 0.652. The van der Waals surface area contributed by atoms with E-state index < -0.39 is 0 Å². The van der Waals surface area contributed by atoms with Crippen LogP contribution in [0.2, 0.25) is 0 Å². The normalized spacial score (nSPS) is 14.1. The Kier molecular flexibility index (Phi) is 7.39. The van der Waals surface area contributed by atoms with Crippen molar-refractivity contribution in [3.8, 4) is 22.3 Å². The monoisotopic (exact) mass is 628 g/mol. The van der Waals surface area contributed by atoms with E-state index in [-0.39, 0.29) is 0 Å². The van der Waals surface area contributed by atoms with Gasteiger partial charge in [0.25, 0.3) is 0 Å². The number of rotatable bonds is 5. The molecule has 0 spiro atoms. The van der Waals surface area contributed by atoms with Crippen LogP contribution in [0.4, 0.5) is 0 Å². The van der Waals surface area contributed by atoms with Gasteiger partial charge in [-0.05, 0) is 131 Å². The van der Waals surface area contributed by atoms with Crippen molar-refractivity contribution >= 4 is 66.0 Å². The molecule has 0 unspecified atom stereocenters. The van der Waals surface area contributed by atoms with Crippen LogP contribution in [0.3, 0.4) is 0 Å². The van der Waals surface area contributed by atoms with Crippen molar-refractivity contribution in [1.82, 2.24) is 0 Å². The standard InChI is InChI=1S/C49H40/c1-3-16-40-37(4-2)47(34-20-10-6-11-21-34)45-30-43-39-27-26-36(32-17-8-5-9-18-32)29-42(39)41-28-25-33-19-14-15-24-38(33)49(41)44(43)31-46(45)48(40)35-22-12-7-13-23-35/h3-4,6-7,10-16,19-32H,2,5,8-9,17-18H2,1H3/b16-3-. The molecule has 0 bridgehead atoms. The van der Waals surface area contributed by atoms with Crippen molar-refractivity contribution < 1.29 is 0 Å². The van der Waals surface area contributed by atoms with Gasteiger partial charge in [-0.15, -0.1) is 0 Å². The quantitative estimate of drug-likeness (QED) is 0.131. The Labute approximate surface area is 289 Å². The fourth-order valence-corrected chi connectivity index (χ4v) is 8.88. The van der Waals surface area contributed by atoms with E-state index in [4.69, 9.17) is 0 Å². The molecular weight excluding hydrogens is 589 g/mol. The van der Waals surface area contributed by atoms with Gasteiger partial charge in [-0.25, -0.2) is 0 Å². The number of fused-ring (bicyclic) bond motifs is 9. The van der Waals surface area contributed by atoms with Gasteiger partial charge >= 0.3 is 0 Å². The predicted octanol–water partition coefficient (Wildman–Crippen LogP) is 14.5. The first kappa shape index (κ1) is 29.7. The van der Waals surface area contributed by atoms with E-state index in [2.05, 4.69) is 159 Å². The maximum absolute atomic E-state index is 4.41. The molecule has 8 aromatic carbocycles. The Balaban J connectivity index is 1.53. The molecule has 8 aromatic rings. The zero-order valence-electron chi connectivity index (χ0n) is 28.2. The Morgan fingerprint density at radius 3 is 1.82 bits per heavy atom. The summed E-state index contributed by atoms with van der Waals surface area (Å²) in [5.74, 6) is 0.652. The zero-order chi connectivity index (χ0) is 32.9. The second-order valence-corrected chi connectivity index (χ2v) is 13.8.